The fraction of sp³-hybridized carbons (Fsp3) is 0.375. The van der Waals surface area contributed by atoms with Crippen molar-refractivity contribution in [2.45, 2.75) is 12.8 Å². The van der Waals surface area contributed by atoms with Gasteiger partial charge in [-0.05, 0) is 30.7 Å². The second-order valence-corrected chi connectivity index (χ2v) is 5.50. The van der Waals surface area contributed by atoms with Gasteiger partial charge in [0.05, 0.1) is 12.1 Å². The van der Waals surface area contributed by atoms with Crippen molar-refractivity contribution in [3.05, 3.63) is 42.0 Å². The van der Waals surface area contributed by atoms with Gasteiger partial charge in [-0.2, -0.15) is 0 Å². The maximum atomic E-state index is 12.9. The Balaban J connectivity index is 1.64. The van der Waals surface area contributed by atoms with Crippen molar-refractivity contribution >= 4 is 5.91 Å². The van der Waals surface area contributed by atoms with Gasteiger partial charge in [0, 0.05) is 31.2 Å². The molecule has 1 aromatic carbocycles. The quantitative estimate of drug-likeness (QED) is 0.936. The van der Waals surface area contributed by atoms with Gasteiger partial charge in [-0.15, -0.1) is 0 Å². The average molecular weight is 304 g/mol. The number of benzene rings is 1. The standard InChI is InChI=1S/C16H17FN2O3/c17-13-3-1-12(2-4-13)16-18-14(10-22-16)7-15(21)19-6-5-11(8-19)9-20/h1-4,10-11,20H,5-9H2. The predicted molar refractivity (Wildman–Crippen MR) is 77.4 cm³/mol. The molecule has 1 saturated heterocycles. The van der Waals surface area contributed by atoms with Crippen LogP contribution in [0, 0.1) is 11.7 Å². The smallest absolute Gasteiger partial charge is 0.228 e. The molecule has 1 aliphatic heterocycles. The number of carbonyl (C=O) groups excluding carboxylic acids is 1. The van der Waals surface area contributed by atoms with E-state index in [0.29, 0.717) is 30.2 Å². The molecule has 116 valence electrons. The van der Waals surface area contributed by atoms with E-state index in [0.717, 1.165) is 6.42 Å². The van der Waals surface area contributed by atoms with Gasteiger partial charge in [-0.1, -0.05) is 0 Å². The van der Waals surface area contributed by atoms with Gasteiger partial charge in [0.1, 0.15) is 12.1 Å². The number of nitrogens with zero attached hydrogens (tertiary/aromatic N) is 2. The molecule has 0 radical (unpaired) electrons. The molecule has 0 saturated carbocycles. The summed E-state index contributed by atoms with van der Waals surface area (Å²) in [6, 6.07) is 5.84. The van der Waals surface area contributed by atoms with Crippen LogP contribution in [0.5, 0.6) is 0 Å². The second kappa shape index (κ2) is 6.27. The Hall–Kier alpha value is -2.21. The summed E-state index contributed by atoms with van der Waals surface area (Å²) in [6.45, 7) is 1.38. The van der Waals surface area contributed by atoms with Crippen LogP contribution in [0.2, 0.25) is 0 Å². The van der Waals surface area contributed by atoms with E-state index in [-0.39, 0.29) is 30.7 Å². The third-order valence-electron chi connectivity index (χ3n) is 3.87. The highest BCUT2D eigenvalue weighted by Gasteiger charge is 2.26. The minimum atomic E-state index is -0.321. The minimum absolute atomic E-state index is 0.0186. The monoisotopic (exact) mass is 304 g/mol. The van der Waals surface area contributed by atoms with Gasteiger partial charge in [0.25, 0.3) is 0 Å². The SMILES string of the molecule is O=C(Cc1coc(-c2ccc(F)cc2)n1)N1CCC(CO)C1. The number of oxazole rings is 1. The van der Waals surface area contributed by atoms with Crippen molar-refractivity contribution in [3.63, 3.8) is 0 Å². The first kappa shape index (κ1) is 14.7. The predicted octanol–water partition coefficient (Wildman–Crippen LogP) is 1.86. The zero-order chi connectivity index (χ0) is 15.5. The Morgan fingerprint density at radius 1 is 1.41 bits per heavy atom. The van der Waals surface area contributed by atoms with Gasteiger partial charge >= 0.3 is 0 Å². The van der Waals surface area contributed by atoms with Gasteiger partial charge < -0.3 is 14.4 Å². The molecule has 2 heterocycles. The van der Waals surface area contributed by atoms with E-state index in [9.17, 15) is 9.18 Å². The molecule has 1 atom stereocenters. The minimum Gasteiger partial charge on any atom is -0.444 e. The molecule has 22 heavy (non-hydrogen) atoms. The lowest BCUT2D eigenvalue weighted by Gasteiger charge is -2.15. The van der Waals surface area contributed by atoms with E-state index in [4.69, 9.17) is 9.52 Å². The van der Waals surface area contributed by atoms with Crippen molar-refractivity contribution in [1.82, 2.24) is 9.88 Å². The highest BCUT2D eigenvalue weighted by Crippen LogP contribution is 2.20. The number of halogens is 1. The topological polar surface area (TPSA) is 66.6 Å². The highest BCUT2D eigenvalue weighted by molar-refractivity contribution is 5.78. The Kier molecular flexibility index (Phi) is 4.20. The summed E-state index contributed by atoms with van der Waals surface area (Å²) in [5, 5.41) is 9.11. The number of carbonyl (C=O) groups is 1. The van der Waals surface area contributed by atoms with Crippen LogP contribution in [-0.2, 0) is 11.2 Å². The molecule has 1 unspecified atom stereocenters. The van der Waals surface area contributed by atoms with Crippen LogP contribution in [0.4, 0.5) is 4.39 Å². The van der Waals surface area contributed by atoms with Crippen LogP contribution in [0.15, 0.2) is 34.9 Å². The Bertz CT molecular complexity index is 654. The highest BCUT2D eigenvalue weighted by atomic mass is 19.1. The molecule has 2 aromatic rings. The van der Waals surface area contributed by atoms with Crippen LogP contribution < -0.4 is 0 Å². The third-order valence-corrected chi connectivity index (χ3v) is 3.87. The van der Waals surface area contributed by atoms with E-state index in [1.807, 2.05) is 0 Å². The molecule has 1 amide bonds. The maximum absolute atomic E-state index is 12.9. The lowest BCUT2D eigenvalue weighted by Crippen LogP contribution is -2.30. The Labute approximate surface area is 127 Å². The molecular weight excluding hydrogens is 287 g/mol. The van der Waals surface area contributed by atoms with Crippen molar-refractivity contribution in [1.29, 1.82) is 0 Å². The number of hydrogen-bond donors (Lipinski definition) is 1. The zero-order valence-electron chi connectivity index (χ0n) is 12.0. The lowest BCUT2D eigenvalue weighted by molar-refractivity contribution is -0.129. The Morgan fingerprint density at radius 2 is 2.18 bits per heavy atom. The number of aliphatic hydroxyl groups excluding tert-OH is 1. The van der Waals surface area contributed by atoms with Crippen LogP contribution in [0.1, 0.15) is 12.1 Å². The third kappa shape index (κ3) is 3.17. The molecule has 3 rings (SSSR count). The van der Waals surface area contributed by atoms with Crippen molar-refractivity contribution in [2.24, 2.45) is 5.92 Å². The molecule has 0 aliphatic carbocycles. The van der Waals surface area contributed by atoms with Crippen LogP contribution >= 0.6 is 0 Å². The number of rotatable bonds is 4. The maximum Gasteiger partial charge on any atom is 0.228 e. The zero-order valence-corrected chi connectivity index (χ0v) is 12.0. The van der Waals surface area contributed by atoms with Crippen LogP contribution in [-0.4, -0.2) is 40.6 Å². The fourth-order valence-corrected chi connectivity index (χ4v) is 2.59. The first-order valence-electron chi connectivity index (χ1n) is 7.24. The van der Waals surface area contributed by atoms with Crippen molar-refractivity contribution < 1.29 is 18.7 Å². The van der Waals surface area contributed by atoms with Crippen LogP contribution in [0.3, 0.4) is 0 Å². The summed E-state index contributed by atoms with van der Waals surface area (Å²) in [5.74, 6) is 0.210. The molecule has 1 N–H and O–H groups in total. The van der Waals surface area contributed by atoms with E-state index in [1.54, 1.807) is 17.0 Å². The average Bonchev–Trinajstić information content (AvgIpc) is 3.17. The van der Waals surface area contributed by atoms with Crippen molar-refractivity contribution in [2.75, 3.05) is 19.7 Å². The second-order valence-electron chi connectivity index (χ2n) is 5.50. The van der Waals surface area contributed by atoms with E-state index < -0.39 is 0 Å². The number of amides is 1. The molecule has 6 heteroatoms. The van der Waals surface area contributed by atoms with E-state index >= 15 is 0 Å². The largest absolute Gasteiger partial charge is 0.444 e. The van der Waals surface area contributed by atoms with Crippen molar-refractivity contribution in [3.8, 4) is 11.5 Å². The number of hydrogen-bond acceptors (Lipinski definition) is 4. The summed E-state index contributed by atoms with van der Waals surface area (Å²) in [6.07, 6.45) is 2.46. The summed E-state index contributed by atoms with van der Waals surface area (Å²) in [4.78, 5) is 18.2. The van der Waals surface area contributed by atoms with Gasteiger partial charge in [-0.25, -0.2) is 9.37 Å². The molecule has 1 aromatic heterocycles. The molecule has 0 bridgehead atoms. The van der Waals surface area contributed by atoms with E-state index in [1.165, 1.54) is 18.4 Å². The first-order chi connectivity index (χ1) is 10.7. The number of aliphatic hydroxyl groups is 1. The molecule has 1 aliphatic rings. The van der Waals surface area contributed by atoms with Gasteiger partial charge in [-0.3, -0.25) is 4.79 Å². The van der Waals surface area contributed by atoms with Crippen LogP contribution in [0.25, 0.3) is 11.5 Å². The molecule has 5 nitrogen and oxygen atoms in total. The van der Waals surface area contributed by atoms with E-state index in [2.05, 4.69) is 4.98 Å². The number of likely N-dealkylation sites (tertiary alicyclic amines) is 1. The molecular formula is C16H17FN2O3. The summed E-state index contributed by atoms with van der Waals surface area (Å²) in [5.41, 5.74) is 1.22. The summed E-state index contributed by atoms with van der Waals surface area (Å²) >= 11 is 0. The molecule has 1 fully saturated rings. The first-order valence-corrected chi connectivity index (χ1v) is 7.24. The lowest BCUT2D eigenvalue weighted by atomic mass is 10.1. The Morgan fingerprint density at radius 3 is 2.86 bits per heavy atom. The van der Waals surface area contributed by atoms with Gasteiger partial charge in [0.15, 0.2) is 0 Å². The molecule has 0 spiro atoms. The summed E-state index contributed by atoms with van der Waals surface area (Å²) in [7, 11) is 0. The normalized spacial score (nSPS) is 17.9. The van der Waals surface area contributed by atoms with Gasteiger partial charge in [0.2, 0.25) is 11.8 Å². The fourth-order valence-electron chi connectivity index (χ4n) is 2.59. The summed E-state index contributed by atoms with van der Waals surface area (Å²) < 4.78 is 18.2. The number of aromatic nitrogens is 1.